The second-order valence-corrected chi connectivity index (χ2v) is 7.68. The van der Waals surface area contributed by atoms with Crippen LogP contribution in [0.5, 0.6) is 0 Å². The SMILES string of the molecule is Cc1c(CNc2ccc(C(=O)N3CCCC(Cn4ccnc4)C3)cn2)cnn1C. The largest absolute Gasteiger partial charge is 0.366 e. The molecule has 3 aromatic heterocycles. The van der Waals surface area contributed by atoms with Crippen LogP contribution in [-0.2, 0) is 20.1 Å². The van der Waals surface area contributed by atoms with Gasteiger partial charge >= 0.3 is 0 Å². The molecule has 4 heterocycles. The third-order valence-electron chi connectivity index (χ3n) is 5.64. The molecule has 1 aliphatic heterocycles. The zero-order valence-electron chi connectivity index (χ0n) is 17.0. The molecule has 3 aromatic rings. The summed E-state index contributed by atoms with van der Waals surface area (Å²) in [5.41, 5.74) is 2.89. The number of nitrogens with zero attached hydrogens (tertiary/aromatic N) is 6. The van der Waals surface area contributed by atoms with Gasteiger partial charge < -0.3 is 14.8 Å². The van der Waals surface area contributed by atoms with Crippen LogP contribution in [0.15, 0.2) is 43.2 Å². The quantitative estimate of drug-likeness (QED) is 0.696. The standard InChI is InChI=1S/C21H27N7O/c1-16-19(12-25-26(16)2)11-24-20-6-5-18(10-23-20)21(29)28-8-3-4-17(14-28)13-27-9-7-22-15-27/h5-7,9-10,12,15,17H,3-4,8,11,13-14H2,1-2H3,(H,23,24). The predicted molar refractivity (Wildman–Crippen MR) is 110 cm³/mol. The summed E-state index contributed by atoms with van der Waals surface area (Å²) in [5, 5.41) is 7.54. The molecule has 0 radical (unpaired) electrons. The van der Waals surface area contributed by atoms with E-state index in [9.17, 15) is 4.79 Å². The van der Waals surface area contributed by atoms with Gasteiger partial charge in [0.1, 0.15) is 5.82 Å². The first kappa shape index (κ1) is 19.2. The summed E-state index contributed by atoms with van der Waals surface area (Å²) >= 11 is 0. The number of likely N-dealkylation sites (tertiary alicyclic amines) is 1. The lowest BCUT2D eigenvalue weighted by molar-refractivity contribution is 0.0662. The molecule has 0 saturated carbocycles. The molecule has 4 rings (SSSR count). The molecule has 1 amide bonds. The van der Waals surface area contributed by atoms with Crippen LogP contribution >= 0.6 is 0 Å². The van der Waals surface area contributed by atoms with Crippen LogP contribution in [0.25, 0.3) is 0 Å². The maximum Gasteiger partial charge on any atom is 0.255 e. The topological polar surface area (TPSA) is 80.9 Å². The molecule has 1 atom stereocenters. The van der Waals surface area contributed by atoms with E-state index in [1.165, 1.54) is 0 Å². The van der Waals surface area contributed by atoms with Crippen molar-refractivity contribution in [3.05, 3.63) is 60.1 Å². The average molecular weight is 393 g/mol. The highest BCUT2D eigenvalue weighted by molar-refractivity contribution is 5.94. The molecule has 1 N–H and O–H groups in total. The van der Waals surface area contributed by atoms with Gasteiger partial charge in [-0.15, -0.1) is 0 Å². The van der Waals surface area contributed by atoms with E-state index in [0.29, 0.717) is 18.0 Å². The Balaban J connectivity index is 1.34. The summed E-state index contributed by atoms with van der Waals surface area (Å²) in [6.45, 7) is 5.18. The van der Waals surface area contributed by atoms with Gasteiger partial charge in [0, 0.05) is 63.1 Å². The monoisotopic (exact) mass is 393 g/mol. The summed E-state index contributed by atoms with van der Waals surface area (Å²) in [6, 6.07) is 3.72. The fourth-order valence-corrected chi connectivity index (χ4v) is 3.80. The van der Waals surface area contributed by atoms with Crippen molar-refractivity contribution in [2.75, 3.05) is 18.4 Å². The number of aryl methyl sites for hydroxylation is 1. The van der Waals surface area contributed by atoms with Crippen LogP contribution in [0.2, 0.25) is 0 Å². The van der Waals surface area contributed by atoms with Crippen molar-refractivity contribution in [1.82, 2.24) is 29.2 Å². The zero-order valence-corrected chi connectivity index (χ0v) is 17.0. The molecule has 152 valence electrons. The molecule has 0 spiro atoms. The Bertz CT molecular complexity index is 946. The number of rotatable bonds is 6. The Labute approximate surface area is 170 Å². The summed E-state index contributed by atoms with van der Waals surface area (Å²) in [7, 11) is 1.93. The molecule has 0 aromatic carbocycles. The second kappa shape index (κ2) is 8.46. The van der Waals surface area contributed by atoms with Crippen LogP contribution in [0.1, 0.15) is 34.5 Å². The summed E-state index contributed by atoms with van der Waals surface area (Å²) < 4.78 is 3.94. The van der Waals surface area contributed by atoms with Gasteiger partial charge in [0.2, 0.25) is 0 Å². The lowest BCUT2D eigenvalue weighted by Crippen LogP contribution is -2.41. The minimum Gasteiger partial charge on any atom is -0.366 e. The number of piperidine rings is 1. The number of hydrogen-bond acceptors (Lipinski definition) is 5. The van der Waals surface area contributed by atoms with E-state index in [1.807, 2.05) is 54.4 Å². The molecular formula is C21H27N7O. The van der Waals surface area contributed by atoms with Crippen molar-refractivity contribution >= 4 is 11.7 Å². The van der Waals surface area contributed by atoms with Crippen molar-refractivity contribution in [2.45, 2.75) is 32.9 Å². The highest BCUT2D eigenvalue weighted by Crippen LogP contribution is 2.20. The first-order valence-electron chi connectivity index (χ1n) is 10.0. The first-order valence-corrected chi connectivity index (χ1v) is 10.0. The van der Waals surface area contributed by atoms with Crippen molar-refractivity contribution in [3.63, 3.8) is 0 Å². The van der Waals surface area contributed by atoms with Crippen LogP contribution in [-0.4, -0.2) is 48.2 Å². The maximum absolute atomic E-state index is 12.9. The first-order chi connectivity index (χ1) is 14.1. The molecule has 1 unspecified atom stereocenters. The van der Waals surface area contributed by atoms with E-state index >= 15 is 0 Å². The molecule has 1 aliphatic rings. The maximum atomic E-state index is 12.9. The summed E-state index contributed by atoms with van der Waals surface area (Å²) in [6.07, 6.45) is 11.3. The van der Waals surface area contributed by atoms with E-state index in [0.717, 1.165) is 49.6 Å². The highest BCUT2D eigenvalue weighted by atomic mass is 16.2. The van der Waals surface area contributed by atoms with Gasteiger partial charge in [0.15, 0.2) is 0 Å². The highest BCUT2D eigenvalue weighted by Gasteiger charge is 2.25. The van der Waals surface area contributed by atoms with E-state index in [-0.39, 0.29) is 5.91 Å². The molecule has 8 nitrogen and oxygen atoms in total. The van der Waals surface area contributed by atoms with Gasteiger partial charge in [-0.2, -0.15) is 5.10 Å². The van der Waals surface area contributed by atoms with Crippen molar-refractivity contribution in [1.29, 1.82) is 0 Å². The van der Waals surface area contributed by atoms with Gasteiger partial charge in [-0.1, -0.05) is 0 Å². The Morgan fingerprint density at radius 1 is 1.31 bits per heavy atom. The fourth-order valence-electron chi connectivity index (χ4n) is 3.80. The summed E-state index contributed by atoms with van der Waals surface area (Å²) in [4.78, 5) is 23.4. The van der Waals surface area contributed by atoms with Gasteiger partial charge in [-0.3, -0.25) is 9.48 Å². The lowest BCUT2D eigenvalue weighted by Gasteiger charge is -2.33. The number of anilines is 1. The summed E-state index contributed by atoms with van der Waals surface area (Å²) in [5.74, 6) is 1.27. The molecular weight excluding hydrogens is 366 g/mol. The van der Waals surface area contributed by atoms with Gasteiger partial charge in [-0.05, 0) is 37.8 Å². The van der Waals surface area contributed by atoms with Crippen molar-refractivity contribution < 1.29 is 4.79 Å². The van der Waals surface area contributed by atoms with Gasteiger partial charge in [-0.25, -0.2) is 9.97 Å². The Hall–Kier alpha value is -3.16. The van der Waals surface area contributed by atoms with Crippen molar-refractivity contribution in [3.8, 4) is 0 Å². The Kier molecular flexibility index (Phi) is 5.59. The predicted octanol–water partition coefficient (Wildman–Crippen LogP) is 2.48. The van der Waals surface area contributed by atoms with Crippen LogP contribution in [0, 0.1) is 12.8 Å². The second-order valence-electron chi connectivity index (χ2n) is 7.68. The van der Waals surface area contributed by atoms with E-state index in [4.69, 9.17) is 0 Å². The number of amides is 1. The molecule has 0 aliphatic carbocycles. The zero-order chi connectivity index (χ0) is 20.2. The Morgan fingerprint density at radius 2 is 2.21 bits per heavy atom. The minimum absolute atomic E-state index is 0.0579. The molecule has 0 bridgehead atoms. The fraction of sp³-hybridized carbons (Fsp3) is 0.429. The minimum atomic E-state index is 0.0579. The molecule has 29 heavy (non-hydrogen) atoms. The third-order valence-corrected chi connectivity index (χ3v) is 5.64. The third kappa shape index (κ3) is 4.47. The normalized spacial score (nSPS) is 16.8. The number of imidazole rings is 1. The average Bonchev–Trinajstić information content (AvgIpc) is 3.37. The van der Waals surface area contributed by atoms with Gasteiger partial charge in [0.25, 0.3) is 5.91 Å². The number of pyridine rings is 1. The van der Waals surface area contributed by atoms with Crippen LogP contribution in [0.4, 0.5) is 5.82 Å². The van der Waals surface area contributed by atoms with Crippen LogP contribution in [0.3, 0.4) is 0 Å². The number of carbonyl (C=O) groups is 1. The number of hydrogen-bond donors (Lipinski definition) is 1. The molecule has 1 saturated heterocycles. The van der Waals surface area contributed by atoms with E-state index in [1.54, 1.807) is 12.4 Å². The van der Waals surface area contributed by atoms with Gasteiger partial charge in [0.05, 0.1) is 18.1 Å². The number of carbonyl (C=O) groups excluding carboxylic acids is 1. The van der Waals surface area contributed by atoms with E-state index in [2.05, 4.69) is 25.0 Å². The van der Waals surface area contributed by atoms with E-state index < -0.39 is 0 Å². The van der Waals surface area contributed by atoms with Crippen LogP contribution < -0.4 is 5.32 Å². The molecule has 8 heteroatoms. The van der Waals surface area contributed by atoms with Crippen molar-refractivity contribution in [2.24, 2.45) is 13.0 Å². The Morgan fingerprint density at radius 3 is 2.90 bits per heavy atom. The number of nitrogens with one attached hydrogen (secondary N) is 1. The lowest BCUT2D eigenvalue weighted by atomic mass is 9.97. The smallest absolute Gasteiger partial charge is 0.255 e. The number of aromatic nitrogens is 5. The molecule has 1 fully saturated rings.